The zero-order chi connectivity index (χ0) is 17.6. The third-order valence-corrected chi connectivity index (χ3v) is 4.89. The highest BCUT2D eigenvalue weighted by atomic mass is 16.7. The molecule has 7 heteroatoms. The highest BCUT2D eigenvalue weighted by Gasteiger charge is 2.43. The number of benzene rings is 1. The van der Waals surface area contributed by atoms with Crippen LogP contribution in [0.4, 0.5) is 0 Å². The van der Waals surface area contributed by atoms with Gasteiger partial charge >= 0.3 is 7.12 Å². The number of nitrogens with zero attached hydrogens (tertiary/aromatic N) is 2. The van der Waals surface area contributed by atoms with Gasteiger partial charge in [0.25, 0.3) is 0 Å². The van der Waals surface area contributed by atoms with Gasteiger partial charge < -0.3 is 14.0 Å². The lowest BCUT2D eigenvalue weighted by Gasteiger charge is -2.23. The highest BCUT2D eigenvalue weighted by Crippen LogP contribution is 2.31. The monoisotopic (exact) mass is 340 g/mol. The summed E-state index contributed by atoms with van der Waals surface area (Å²) in [6.07, 6.45) is 3.73. The summed E-state index contributed by atoms with van der Waals surface area (Å²) in [6, 6.07) is 5.80. The number of carbonyl (C=O) groups is 1. The largest absolute Gasteiger partial charge is 0.563 e. The Bertz CT molecular complexity index is 839. The van der Waals surface area contributed by atoms with Gasteiger partial charge in [-0.1, -0.05) is 12.6 Å². The first-order valence-electron chi connectivity index (χ1n) is 8.62. The number of ether oxygens (including phenoxy) is 1. The van der Waals surface area contributed by atoms with Gasteiger partial charge in [0.15, 0.2) is 12.5 Å². The summed E-state index contributed by atoms with van der Waals surface area (Å²) < 4.78 is 19.3. The van der Waals surface area contributed by atoms with Crippen LogP contribution in [0.2, 0.25) is 0 Å². The van der Waals surface area contributed by atoms with E-state index < -0.39 is 12.7 Å². The van der Waals surface area contributed by atoms with E-state index in [-0.39, 0.29) is 6.23 Å². The second-order valence-electron chi connectivity index (χ2n) is 7.05. The van der Waals surface area contributed by atoms with E-state index in [1.165, 1.54) is 0 Å². The van der Waals surface area contributed by atoms with Gasteiger partial charge in [-0.3, -0.25) is 4.79 Å². The number of rotatable bonds is 3. The van der Waals surface area contributed by atoms with Crippen molar-refractivity contribution in [2.45, 2.75) is 44.9 Å². The van der Waals surface area contributed by atoms with E-state index in [1.54, 1.807) is 0 Å². The Balaban J connectivity index is 1.73. The smallest absolute Gasteiger partial charge is 0.534 e. The first-order valence-corrected chi connectivity index (χ1v) is 8.62. The van der Waals surface area contributed by atoms with E-state index in [0.717, 1.165) is 48.5 Å². The summed E-state index contributed by atoms with van der Waals surface area (Å²) >= 11 is 0. The number of carbonyl (C=O) groups excluding carboxylic acids is 1. The fourth-order valence-electron chi connectivity index (χ4n) is 3.32. The lowest BCUT2D eigenvalue weighted by molar-refractivity contribution is -0.0367. The maximum Gasteiger partial charge on any atom is 0.563 e. The van der Waals surface area contributed by atoms with E-state index in [1.807, 2.05) is 36.7 Å². The fraction of sp³-hybridized carbons (Fsp3) is 0.444. The van der Waals surface area contributed by atoms with Gasteiger partial charge in [-0.25, -0.2) is 4.68 Å². The minimum atomic E-state index is -0.534. The molecule has 0 amide bonds. The second-order valence-corrected chi connectivity index (χ2v) is 7.05. The summed E-state index contributed by atoms with van der Waals surface area (Å²) in [6.45, 7) is 8.47. The lowest BCUT2D eigenvalue weighted by atomic mass is 9.78. The predicted octanol–water partition coefficient (Wildman–Crippen LogP) is 2.58. The Morgan fingerprint density at radius 2 is 2.24 bits per heavy atom. The Kier molecular flexibility index (Phi) is 3.93. The van der Waals surface area contributed by atoms with Crippen LogP contribution in [0.3, 0.4) is 0 Å². The summed E-state index contributed by atoms with van der Waals surface area (Å²) in [5, 5.41) is 5.25. The van der Waals surface area contributed by atoms with E-state index >= 15 is 0 Å². The van der Waals surface area contributed by atoms with Crippen molar-refractivity contribution in [1.82, 2.24) is 9.78 Å². The normalized spacial score (nSPS) is 23.0. The van der Waals surface area contributed by atoms with Crippen molar-refractivity contribution in [2.24, 2.45) is 0 Å². The molecular formula is C18H21BN2O4. The molecule has 130 valence electrons. The maximum absolute atomic E-state index is 11.5. The minimum absolute atomic E-state index is 0.117. The molecule has 2 aliphatic heterocycles. The molecule has 0 radical (unpaired) electrons. The first kappa shape index (κ1) is 16.4. The third-order valence-electron chi connectivity index (χ3n) is 4.89. The summed E-state index contributed by atoms with van der Waals surface area (Å²) in [7, 11) is -0.527. The first-order chi connectivity index (χ1) is 12.0. The molecule has 1 aromatic heterocycles. The van der Waals surface area contributed by atoms with Crippen molar-refractivity contribution in [3.8, 4) is 0 Å². The van der Waals surface area contributed by atoms with Crippen LogP contribution < -0.4 is 5.46 Å². The van der Waals surface area contributed by atoms with E-state index in [0.29, 0.717) is 11.5 Å². The molecule has 4 rings (SSSR count). The van der Waals surface area contributed by atoms with Gasteiger partial charge in [0.1, 0.15) is 11.3 Å². The Hall–Kier alpha value is -2.12. The van der Waals surface area contributed by atoms with Crippen molar-refractivity contribution in [2.75, 3.05) is 6.61 Å². The molecule has 25 heavy (non-hydrogen) atoms. The summed E-state index contributed by atoms with van der Waals surface area (Å²) in [4.78, 5) is 11.5. The van der Waals surface area contributed by atoms with Crippen LogP contribution in [-0.4, -0.2) is 35.4 Å². The molecule has 0 N–H and O–H groups in total. The second kappa shape index (κ2) is 6.00. The highest BCUT2D eigenvalue weighted by molar-refractivity contribution is 6.62. The lowest BCUT2D eigenvalue weighted by Crippen LogP contribution is -2.34. The van der Waals surface area contributed by atoms with Crippen LogP contribution in [0.25, 0.3) is 10.9 Å². The van der Waals surface area contributed by atoms with Crippen LogP contribution >= 0.6 is 0 Å². The molecule has 0 aliphatic carbocycles. The number of aromatic nitrogens is 2. The molecule has 2 fully saturated rings. The molecule has 2 aromatic rings. The third kappa shape index (κ3) is 2.77. The fourth-order valence-corrected chi connectivity index (χ4v) is 3.32. The Morgan fingerprint density at radius 3 is 2.88 bits per heavy atom. The van der Waals surface area contributed by atoms with E-state index in [2.05, 4.69) is 11.7 Å². The number of aldehydes is 1. The zero-order valence-electron chi connectivity index (χ0n) is 14.5. The molecule has 0 spiro atoms. The number of hydrogen-bond acceptors (Lipinski definition) is 5. The van der Waals surface area contributed by atoms with Crippen molar-refractivity contribution >= 4 is 29.8 Å². The van der Waals surface area contributed by atoms with Crippen LogP contribution in [0, 0.1) is 0 Å². The molecule has 0 saturated carbocycles. The molecular weight excluding hydrogens is 319 g/mol. The van der Waals surface area contributed by atoms with Gasteiger partial charge in [-0.05, 0) is 50.7 Å². The zero-order valence-corrected chi connectivity index (χ0v) is 14.5. The van der Waals surface area contributed by atoms with Crippen molar-refractivity contribution < 1.29 is 18.8 Å². The number of fused-ring (bicyclic) bond motifs is 1. The minimum Gasteiger partial charge on any atom is -0.534 e. The van der Waals surface area contributed by atoms with Crippen LogP contribution in [0.5, 0.6) is 0 Å². The van der Waals surface area contributed by atoms with E-state index in [4.69, 9.17) is 14.0 Å². The van der Waals surface area contributed by atoms with Gasteiger partial charge in [-0.2, -0.15) is 5.10 Å². The average Bonchev–Trinajstić information content (AvgIpc) is 3.12. The standard InChI is InChI=1S/C18H21BN2O4/c1-12-18(2,3)25-19(24-12)13-7-8-16-14(10-13)15(11-22)20-21(16)17-6-4-5-9-23-17/h7-8,10-11,17H,1,4-6,9H2,2-3H3. The van der Waals surface area contributed by atoms with Crippen molar-refractivity contribution in [3.05, 3.63) is 36.2 Å². The van der Waals surface area contributed by atoms with E-state index in [9.17, 15) is 4.79 Å². The average molecular weight is 340 g/mol. The molecule has 6 nitrogen and oxygen atoms in total. The number of hydrogen-bond donors (Lipinski definition) is 0. The molecule has 1 atom stereocenters. The molecule has 2 aliphatic rings. The van der Waals surface area contributed by atoms with Gasteiger partial charge in [0.05, 0.1) is 11.3 Å². The molecule has 3 heterocycles. The summed E-state index contributed by atoms with van der Waals surface area (Å²) in [5.41, 5.74) is 1.59. The van der Waals surface area contributed by atoms with Gasteiger partial charge in [0.2, 0.25) is 0 Å². The molecule has 1 unspecified atom stereocenters. The maximum atomic E-state index is 11.5. The molecule has 1 aromatic carbocycles. The van der Waals surface area contributed by atoms with Crippen LogP contribution in [0.1, 0.15) is 49.8 Å². The SMILES string of the molecule is C=C1OB(c2ccc3c(c2)c(C=O)nn3C2CCCCO2)OC1(C)C. The quantitative estimate of drug-likeness (QED) is 0.635. The molecule has 0 bridgehead atoms. The van der Waals surface area contributed by atoms with Crippen molar-refractivity contribution in [3.63, 3.8) is 0 Å². The van der Waals surface area contributed by atoms with Crippen LogP contribution in [0.15, 0.2) is 30.5 Å². The van der Waals surface area contributed by atoms with Crippen molar-refractivity contribution in [1.29, 1.82) is 0 Å². The van der Waals surface area contributed by atoms with Gasteiger partial charge in [0, 0.05) is 12.0 Å². The Morgan fingerprint density at radius 1 is 1.40 bits per heavy atom. The predicted molar refractivity (Wildman–Crippen MR) is 94.7 cm³/mol. The molecule has 2 saturated heterocycles. The summed E-state index contributed by atoms with van der Waals surface area (Å²) in [5.74, 6) is 0.597. The van der Waals surface area contributed by atoms with Gasteiger partial charge in [-0.15, -0.1) is 0 Å². The Labute approximate surface area is 146 Å². The topological polar surface area (TPSA) is 62.6 Å². The van der Waals surface area contributed by atoms with Crippen LogP contribution in [-0.2, 0) is 14.0 Å².